The van der Waals surface area contributed by atoms with Gasteiger partial charge >= 0.3 is 0 Å². The molecule has 1 rings (SSSR count). The molecule has 0 aliphatic heterocycles. The third kappa shape index (κ3) is 3.36. The van der Waals surface area contributed by atoms with E-state index in [0.717, 1.165) is 0 Å². The van der Waals surface area contributed by atoms with Gasteiger partial charge in [-0.3, -0.25) is 15.4 Å². The lowest BCUT2D eigenvalue weighted by Gasteiger charge is -2.05. The molecule has 0 aliphatic carbocycles. The maximum absolute atomic E-state index is 10.7. The standard InChI is InChI=1S/C10H10N4O3S/c1-17-9-4-3-7(14(15)16)5-8(9)13-10(18-2)12-6-11/h3-5H,1-2H3,(H,12,13). The summed E-state index contributed by atoms with van der Waals surface area (Å²) in [6.07, 6.45) is 3.47. The fraction of sp³-hybridized carbons (Fsp3) is 0.200. The van der Waals surface area contributed by atoms with E-state index in [-0.39, 0.29) is 5.69 Å². The number of hydrogen-bond acceptors (Lipinski definition) is 6. The van der Waals surface area contributed by atoms with Gasteiger partial charge in [-0.25, -0.2) is 4.99 Å². The van der Waals surface area contributed by atoms with Gasteiger partial charge in [-0.15, -0.1) is 0 Å². The van der Waals surface area contributed by atoms with Crippen molar-refractivity contribution < 1.29 is 9.66 Å². The predicted molar refractivity (Wildman–Crippen MR) is 69.0 cm³/mol. The highest BCUT2D eigenvalue weighted by Gasteiger charge is 2.11. The van der Waals surface area contributed by atoms with Gasteiger partial charge in [0, 0.05) is 12.1 Å². The van der Waals surface area contributed by atoms with E-state index in [1.165, 1.54) is 37.1 Å². The lowest BCUT2D eigenvalue weighted by atomic mass is 10.2. The summed E-state index contributed by atoms with van der Waals surface area (Å²) in [6.45, 7) is 0. The lowest BCUT2D eigenvalue weighted by molar-refractivity contribution is -0.384. The summed E-state index contributed by atoms with van der Waals surface area (Å²) in [5, 5.41) is 21.9. The number of nitriles is 1. The molecule has 1 aromatic carbocycles. The van der Waals surface area contributed by atoms with Crippen LogP contribution in [-0.2, 0) is 0 Å². The van der Waals surface area contributed by atoms with Gasteiger partial charge in [-0.1, -0.05) is 11.8 Å². The molecule has 0 bridgehead atoms. The van der Waals surface area contributed by atoms with E-state index in [0.29, 0.717) is 16.6 Å². The average molecular weight is 266 g/mol. The summed E-state index contributed by atoms with van der Waals surface area (Å²) in [5.41, 5.74) is 0.200. The average Bonchev–Trinajstić information content (AvgIpc) is 2.37. The van der Waals surface area contributed by atoms with Crippen molar-refractivity contribution in [3.8, 4) is 11.9 Å². The van der Waals surface area contributed by atoms with Crippen LogP contribution >= 0.6 is 11.8 Å². The second-order valence-electron chi connectivity index (χ2n) is 2.97. The van der Waals surface area contributed by atoms with Crippen molar-refractivity contribution in [2.75, 3.05) is 13.4 Å². The Kier molecular flexibility index (Phi) is 4.95. The zero-order valence-electron chi connectivity index (χ0n) is 9.71. The molecule has 0 aliphatic rings. The van der Waals surface area contributed by atoms with Crippen molar-refractivity contribution in [3.05, 3.63) is 28.3 Å². The van der Waals surface area contributed by atoms with Gasteiger partial charge in [0.2, 0.25) is 0 Å². The van der Waals surface area contributed by atoms with E-state index < -0.39 is 4.92 Å². The monoisotopic (exact) mass is 266 g/mol. The number of rotatable bonds is 3. The number of amidine groups is 1. The van der Waals surface area contributed by atoms with Gasteiger partial charge in [-0.2, -0.15) is 5.26 Å². The second kappa shape index (κ2) is 6.46. The van der Waals surface area contributed by atoms with Gasteiger partial charge in [0.1, 0.15) is 11.4 Å². The number of nitro groups is 1. The molecule has 0 amide bonds. The number of aliphatic imine (C=N–C) groups is 1. The zero-order chi connectivity index (χ0) is 13.5. The van der Waals surface area contributed by atoms with Gasteiger partial charge in [0.05, 0.1) is 12.0 Å². The highest BCUT2D eigenvalue weighted by atomic mass is 32.2. The van der Waals surface area contributed by atoms with Crippen LogP contribution < -0.4 is 10.1 Å². The normalized spacial score (nSPS) is 10.6. The zero-order valence-corrected chi connectivity index (χ0v) is 10.5. The fourth-order valence-corrected chi connectivity index (χ4v) is 1.50. The smallest absolute Gasteiger partial charge is 0.271 e. The van der Waals surface area contributed by atoms with Gasteiger partial charge < -0.3 is 4.74 Å². The summed E-state index contributed by atoms with van der Waals surface area (Å²) in [4.78, 5) is 14.3. The summed E-state index contributed by atoms with van der Waals surface area (Å²) in [6, 6.07) is 4.07. The highest BCUT2D eigenvalue weighted by Crippen LogP contribution is 2.31. The molecule has 0 heterocycles. The number of benzene rings is 1. The highest BCUT2D eigenvalue weighted by molar-refractivity contribution is 8.13. The number of thioether (sulfide) groups is 1. The van der Waals surface area contributed by atoms with Gasteiger partial charge in [0.25, 0.3) is 5.69 Å². The van der Waals surface area contributed by atoms with E-state index in [1.807, 2.05) is 0 Å². The maximum Gasteiger partial charge on any atom is 0.271 e. The summed E-state index contributed by atoms with van der Waals surface area (Å²) < 4.78 is 5.05. The molecule has 0 aromatic heterocycles. The van der Waals surface area contributed by atoms with Gasteiger partial charge in [0.15, 0.2) is 11.4 Å². The topological polar surface area (TPSA) is 101 Å². The van der Waals surface area contributed by atoms with E-state index in [1.54, 1.807) is 12.4 Å². The first-order valence-corrected chi connectivity index (χ1v) is 5.95. The van der Waals surface area contributed by atoms with Crippen molar-refractivity contribution in [1.82, 2.24) is 5.32 Å². The first kappa shape index (κ1) is 13.8. The third-order valence-corrected chi connectivity index (χ3v) is 2.53. The molecule has 0 saturated carbocycles. The Morgan fingerprint density at radius 2 is 2.39 bits per heavy atom. The molecule has 7 nitrogen and oxygen atoms in total. The van der Waals surface area contributed by atoms with Crippen molar-refractivity contribution in [1.29, 1.82) is 5.26 Å². The van der Waals surface area contributed by atoms with Crippen molar-refractivity contribution in [3.63, 3.8) is 0 Å². The molecule has 0 atom stereocenters. The molecule has 94 valence electrons. The lowest BCUT2D eigenvalue weighted by Crippen LogP contribution is -2.12. The number of nitro benzene ring substituents is 1. The first-order valence-electron chi connectivity index (χ1n) is 4.72. The van der Waals surface area contributed by atoms with E-state index >= 15 is 0 Å². The maximum atomic E-state index is 10.7. The number of nitrogens with zero attached hydrogens (tertiary/aromatic N) is 3. The fourth-order valence-electron chi connectivity index (χ4n) is 1.16. The first-order chi connectivity index (χ1) is 8.62. The third-order valence-electron chi connectivity index (χ3n) is 1.95. The summed E-state index contributed by atoms with van der Waals surface area (Å²) >= 11 is 1.21. The minimum atomic E-state index is -0.519. The van der Waals surface area contributed by atoms with Crippen LogP contribution in [-0.4, -0.2) is 23.5 Å². The van der Waals surface area contributed by atoms with E-state index in [2.05, 4.69) is 10.3 Å². The van der Waals surface area contributed by atoms with Crippen LogP contribution in [0.25, 0.3) is 0 Å². The number of methoxy groups -OCH3 is 1. The summed E-state index contributed by atoms with van der Waals surface area (Å²) in [7, 11) is 1.44. The Bertz CT molecular complexity index is 524. The Labute approximate surface area is 108 Å². The largest absolute Gasteiger partial charge is 0.494 e. The Balaban J connectivity index is 3.23. The Morgan fingerprint density at radius 3 is 2.89 bits per heavy atom. The molecular weight excluding hydrogens is 256 g/mol. The molecule has 0 spiro atoms. The van der Waals surface area contributed by atoms with Crippen LogP contribution in [0, 0.1) is 21.6 Å². The predicted octanol–water partition coefficient (Wildman–Crippen LogP) is 2.02. The number of nitrogens with one attached hydrogen (secondary N) is 1. The number of hydrogen-bond donors (Lipinski definition) is 1. The van der Waals surface area contributed by atoms with Crippen molar-refractivity contribution >= 4 is 28.3 Å². The molecule has 0 saturated heterocycles. The summed E-state index contributed by atoms with van der Waals surface area (Å²) in [5.74, 6) is 0.395. The molecule has 0 radical (unpaired) electrons. The molecule has 1 N–H and O–H groups in total. The van der Waals surface area contributed by atoms with E-state index in [4.69, 9.17) is 10.00 Å². The van der Waals surface area contributed by atoms with Crippen LogP contribution in [0.3, 0.4) is 0 Å². The Morgan fingerprint density at radius 1 is 1.67 bits per heavy atom. The van der Waals surface area contributed by atoms with E-state index in [9.17, 15) is 10.1 Å². The number of non-ortho nitro benzene ring substituents is 1. The van der Waals surface area contributed by atoms with Gasteiger partial charge in [-0.05, 0) is 12.3 Å². The number of ether oxygens (including phenoxy) is 1. The van der Waals surface area contributed by atoms with Crippen molar-refractivity contribution in [2.24, 2.45) is 4.99 Å². The molecule has 0 unspecified atom stereocenters. The van der Waals surface area contributed by atoms with Crippen molar-refractivity contribution in [2.45, 2.75) is 0 Å². The Hall–Kier alpha value is -2.27. The second-order valence-corrected chi connectivity index (χ2v) is 3.77. The molecule has 0 fully saturated rings. The molecular formula is C10H10N4O3S. The molecule has 8 heteroatoms. The van der Waals surface area contributed by atoms with Crippen LogP contribution in [0.5, 0.6) is 5.75 Å². The van der Waals surface area contributed by atoms with Crippen LogP contribution in [0.15, 0.2) is 23.2 Å². The minimum Gasteiger partial charge on any atom is -0.494 e. The van der Waals surface area contributed by atoms with Crippen LogP contribution in [0.1, 0.15) is 0 Å². The molecule has 18 heavy (non-hydrogen) atoms. The quantitative estimate of drug-likeness (QED) is 0.224. The SMILES string of the molecule is COc1ccc([N+](=O)[O-])cc1N=C(NC#N)SC. The van der Waals surface area contributed by atoms with Crippen LogP contribution in [0.2, 0.25) is 0 Å². The van der Waals surface area contributed by atoms with Crippen LogP contribution in [0.4, 0.5) is 11.4 Å². The molecule has 1 aromatic rings. The minimum absolute atomic E-state index is 0.0908.